The number of hydrogen-bond donors (Lipinski definition) is 1. The Morgan fingerprint density at radius 1 is 1.38 bits per heavy atom. The van der Waals surface area contributed by atoms with Crippen LogP contribution in [-0.2, 0) is 11.3 Å². The molecule has 6 nitrogen and oxygen atoms in total. The van der Waals surface area contributed by atoms with Gasteiger partial charge in [0.15, 0.2) is 11.4 Å². The lowest BCUT2D eigenvalue weighted by molar-refractivity contribution is 0.0669. The van der Waals surface area contributed by atoms with E-state index in [-0.39, 0.29) is 11.8 Å². The van der Waals surface area contributed by atoms with Crippen molar-refractivity contribution in [1.29, 1.82) is 0 Å². The number of nitrogens with zero attached hydrogens (tertiary/aromatic N) is 2. The lowest BCUT2D eigenvalue weighted by atomic mass is 9.98. The van der Waals surface area contributed by atoms with E-state index >= 15 is 0 Å². The number of carbonyl (C=O) groups is 1. The minimum absolute atomic E-state index is 0.129. The van der Waals surface area contributed by atoms with Crippen LogP contribution >= 0.6 is 0 Å². The number of hydrogen-bond acceptors (Lipinski definition) is 4. The Kier molecular flexibility index (Phi) is 4.43. The van der Waals surface area contributed by atoms with Gasteiger partial charge >= 0.3 is 5.97 Å². The molecule has 0 bridgehead atoms. The fourth-order valence-electron chi connectivity index (χ4n) is 3.14. The molecular formula is C15H22N2O4. The highest BCUT2D eigenvalue weighted by atomic mass is 16.5. The van der Waals surface area contributed by atoms with Gasteiger partial charge in [0.25, 0.3) is 0 Å². The molecule has 2 aliphatic rings. The van der Waals surface area contributed by atoms with Crippen LogP contribution in [0.4, 0.5) is 0 Å². The molecule has 1 N–H and O–H groups in total. The Morgan fingerprint density at radius 2 is 2.19 bits per heavy atom. The number of ether oxygens (including phenoxy) is 2. The number of carboxylic acids is 1. The summed E-state index contributed by atoms with van der Waals surface area (Å²) in [7, 11) is 0. The number of aromatic nitrogens is 2. The van der Waals surface area contributed by atoms with E-state index in [2.05, 4.69) is 5.10 Å². The molecule has 0 amide bonds. The van der Waals surface area contributed by atoms with Gasteiger partial charge in [-0.2, -0.15) is 5.10 Å². The Morgan fingerprint density at radius 3 is 2.86 bits per heavy atom. The van der Waals surface area contributed by atoms with Crippen LogP contribution in [-0.4, -0.2) is 40.2 Å². The summed E-state index contributed by atoms with van der Waals surface area (Å²) in [4.78, 5) is 11.5. The molecule has 1 aromatic rings. The molecule has 3 rings (SSSR count). The molecule has 0 aromatic carbocycles. The van der Waals surface area contributed by atoms with Gasteiger partial charge in [-0.3, -0.25) is 4.68 Å². The molecule has 1 unspecified atom stereocenters. The largest absolute Gasteiger partial charge is 0.486 e. The summed E-state index contributed by atoms with van der Waals surface area (Å²) in [6, 6.07) is 0. The van der Waals surface area contributed by atoms with Crippen LogP contribution in [0.2, 0.25) is 0 Å². The monoisotopic (exact) mass is 294 g/mol. The van der Waals surface area contributed by atoms with Gasteiger partial charge in [-0.05, 0) is 32.1 Å². The number of aromatic carboxylic acids is 1. The van der Waals surface area contributed by atoms with Gasteiger partial charge in [0, 0.05) is 19.1 Å². The molecule has 1 saturated carbocycles. The smallest absolute Gasteiger partial charge is 0.358 e. The third-order valence-electron chi connectivity index (χ3n) is 4.31. The van der Waals surface area contributed by atoms with Gasteiger partial charge in [0.05, 0.1) is 18.9 Å². The van der Waals surface area contributed by atoms with Crippen LogP contribution in [0.3, 0.4) is 0 Å². The molecule has 21 heavy (non-hydrogen) atoms. The fourth-order valence-corrected chi connectivity index (χ4v) is 3.14. The van der Waals surface area contributed by atoms with Gasteiger partial charge in [-0.15, -0.1) is 0 Å². The molecule has 1 atom stereocenters. The Bertz CT molecular complexity index is 488. The van der Waals surface area contributed by atoms with Crippen LogP contribution in [0.15, 0.2) is 6.20 Å². The molecule has 116 valence electrons. The average molecular weight is 294 g/mol. The van der Waals surface area contributed by atoms with Crippen LogP contribution < -0.4 is 4.74 Å². The summed E-state index contributed by atoms with van der Waals surface area (Å²) in [5.41, 5.74) is 0.174. The molecule has 6 heteroatoms. The first-order valence-corrected chi connectivity index (χ1v) is 7.77. The quantitative estimate of drug-likeness (QED) is 0.902. The zero-order valence-electron chi connectivity index (χ0n) is 12.2. The Labute approximate surface area is 124 Å². The third-order valence-corrected chi connectivity index (χ3v) is 4.31. The molecule has 1 aliphatic carbocycles. The van der Waals surface area contributed by atoms with Crippen molar-refractivity contribution in [2.75, 3.05) is 13.2 Å². The summed E-state index contributed by atoms with van der Waals surface area (Å²) in [6.07, 6.45) is 8.19. The van der Waals surface area contributed by atoms with E-state index in [0.29, 0.717) is 24.8 Å². The highest BCUT2D eigenvalue weighted by Crippen LogP contribution is 2.27. The van der Waals surface area contributed by atoms with E-state index < -0.39 is 5.97 Å². The Hall–Kier alpha value is -1.56. The van der Waals surface area contributed by atoms with Crippen LogP contribution in [0, 0.1) is 5.92 Å². The summed E-state index contributed by atoms with van der Waals surface area (Å²) < 4.78 is 12.8. The van der Waals surface area contributed by atoms with Gasteiger partial charge in [-0.25, -0.2) is 4.79 Å². The lowest BCUT2D eigenvalue weighted by Gasteiger charge is -2.22. The molecule has 2 fully saturated rings. The van der Waals surface area contributed by atoms with E-state index in [1.165, 1.54) is 6.42 Å². The third kappa shape index (κ3) is 3.37. The summed E-state index contributed by atoms with van der Waals surface area (Å²) >= 11 is 0. The molecule has 1 saturated heterocycles. The van der Waals surface area contributed by atoms with Gasteiger partial charge in [0.1, 0.15) is 0 Å². The first kappa shape index (κ1) is 14.4. The highest BCUT2D eigenvalue weighted by molar-refractivity contribution is 5.88. The normalized spacial score (nSPS) is 23.3. The average Bonchev–Trinajstić information content (AvgIpc) is 3.11. The van der Waals surface area contributed by atoms with E-state index in [0.717, 1.165) is 38.7 Å². The molecule has 2 heterocycles. The zero-order valence-corrected chi connectivity index (χ0v) is 12.2. The van der Waals surface area contributed by atoms with Crippen molar-refractivity contribution in [3.8, 4) is 5.75 Å². The van der Waals surface area contributed by atoms with Crippen LogP contribution in [0.1, 0.15) is 49.0 Å². The molecule has 1 aromatic heterocycles. The van der Waals surface area contributed by atoms with Crippen molar-refractivity contribution in [3.63, 3.8) is 0 Å². The van der Waals surface area contributed by atoms with Crippen LogP contribution in [0.25, 0.3) is 0 Å². The molecule has 0 radical (unpaired) electrons. The maximum Gasteiger partial charge on any atom is 0.358 e. The minimum atomic E-state index is -0.975. The standard InChI is InChI=1S/C15H22N2O4/c18-15(19)14-13(21-12-4-2-1-3-5-12)8-16-17(14)9-11-6-7-20-10-11/h8,11-12H,1-7,9-10H2,(H,18,19). The predicted molar refractivity (Wildman–Crippen MR) is 75.6 cm³/mol. The van der Waals surface area contributed by atoms with Crippen molar-refractivity contribution >= 4 is 5.97 Å². The number of carboxylic acid groups (broad SMARTS) is 1. The van der Waals surface area contributed by atoms with Crippen LogP contribution in [0.5, 0.6) is 5.75 Å². The molecule has 0 spiro atoms. The van der Waals surface area contributed by atoms with Crippen molar-refractivity contribution in [3.05, 3.63) is 11.9 Å². The van der Waals surface area contributed by atoms with Crippen molar-refractivity contribution in [2.45, 2.75) is 51.2 Å². The van der Waals surface area contributed by atoms with Crippen molar-refractivity contribution < 1.29 is 19.4 Å². The maximum absolute atomic E-state index is 11.5. The van der Waals surface area contributed by atoms with Gasteiger partial charge in [-0.1, -0.05) is 6.42 Å². The Balaban J connectivity index is 1.73. The minimum Gasteiger partial charge on any atom is -0.486 e. The summed E-state index contributed by atoms with van der Waals surface area (Å²) in [6.45, 7) is 2.01. The second-order valence-corrected chi connectivity index (χ2v) is 5.95. The summed E-state index contributed by atoms with van der Waals surface area (Å²) in [5, 5.41) is 13.7. The van der Waals surface area contributed by atoms with Gasteiger partial charge in [0.2, 0.25) is 0 Å². The second-order valence-electron chi connectivity index (χ2n) is 5.95. The van der Waals surface area contributed by atoms with Crippen molar-refractivity contribution in [2.24, 2.45) is 5.92 Å². The first-order valence-electron chi connectivity index (χ1n) is 7.77. The second kappa shape index (κ2) is 6.47. The van der Waals surface area contributed by atoms with E-state index in [1.54, 1.807) is 10.9 Å². The lowest BCUT2D eigenvalue weighted by Crippen LogP contribution is -2.22. The van der Waals surface area contributed by atoms with E-state index in [4.69, 9.17) is 9.47 Å². The topological polar surface area (TPSA) is 73.6 Å². The fraction of sp³-hybridized carbons (Fsp3) is 0.733. The highest BCUT2D eigenvalue weighted by Gasteiger charge is 2.25. The maximum atomic E-state index is 11.5. The zero-order chi connectivity index (χ0) is 14.7. The van der Waals surface area contributed by atoms with E-state index in [1.807, 2.05) is 0 Å². The predicted octanol–water partition coefficient (Wildman–Crippen LogP) is 2.33. The SMILES string of the molecule is O=C(O)c1c(OC2CCCCC2)cnn1CC1CCOC1. The number of rotatable bonds is 5. The summed E-state index contributed by atoms with van der Waals surface area (Å²) in [5.74, 6) is -0.226. The first-order chi connectivity index (χ1) is 10.2. The molecular weight excluding hydrogens is 272 g/mol. The van der Waals surface area contributed by atoms with Gasteiger partial charge < -0.3 is 14.6 Å². The molecule has 1 aliphatic heterocycles. The van der Waals surface area contributed by atoms with Crippen molar-refractivity contribution in [1.82, 2.24) is 9.78 Å². The van der Waals surface area contributed by atoms with E-state index in [9.17, 15) is 9.90 Å².